The second-order valence-electron chi connectivity index (χ2n) is 5.56. The molecule has 0 bridgehead atoms. The molecule has 0 atom stereocenters. The number of nitrogens with two attached hydrogens (primary N) is 1. The number of benzene rings is 2. The van der Waals surface area contributed by atoms with E-state index < -0.39 is 0 Å². The fourth-order valence-corrected chi connectivity index (χ4v) is 2.51. The highest BCUT2D eigenvalue weighted by atomic mass is 32.2. The molecule has 0 spiro atoms. The third-order valence-corrected chi connectivity index (χ3v) is 4.22. The number of hydrogen-bond acceptors (Lipinski definition) is 4. The van der Waals surface area contributed by atoms with Crippen molar-refractivity contribution in [3.63, 3.8) is 0 Å². The van der Waals surface area contributed by atoms with Gasteiger partial charge in [0, 0.05) is 23.6 Å². The van der Waals surface area contributed by atoms with E-state index in [4.69, 9.17) is 10.5 Å². The number of rotatable bonds is 8. The van der Waals surface area contributed by atoms with Crippen molar-refractivity contribution in [2.75, 3.05) is 6.54 Å². The highest BCUT2D eigenvalue weighted by molar-refractivity contribution is 7.97. The van der Waals surface area contributed by atoms with E-state index in [0.29, 0.717) is 17.8 Å². The first-order valence-electron chi connectivity index (χ1n) is 7.60. The number of allylic oxidation sites excluding steroid dienone is 1. The van der Waals surface area contributed by atoms with Gasteiger partial charge in [-0.15, -0.1) is 0 Å². The lowest BCUT2D eigenvalue weighted by atomic mass is 10.1. The number of aryl methyl sites for hydroxylation is 1. The Morgan fingerprint density at radius 1 is 1.09 bits per heavy atom. The zero-order valence-corrected chi connectivity index (χ0v) is 14.2. The molecule has 0 saturated carbocycles. The molecule has 2 aromatic rings. The molecule has 0 aliphatic carbocycles. The standard InChI is InChI=1S/C19H23N3S/c1-14-3-5-17(6-4-14)13-19(20)15(2)22-12-11-16-7-9-18(23-21)10-8-16/h3-10,20,22H,2,11-13,21H2,1H3. The Morgan fingerprint density at radius 3 is 2.30 bits per heavy atom. The van der Waals surface area contributed by atoms with Gasteiger partial charge in [-0.05, 0) is 48.6 Å². The molecule has 4 heteroatoms. The van der Waals surface area contributed by atoms with Crippen LogP contribution >= 0.6 is 11.9 Å². The van der Waals surface area contributed by atoms with Crippen molar-refractivity contribution < 1.29 is 0 Å². The maximum Gasteiger partial charge on any atom is 0.0582 e. The molecular weight excluding hydrogens is 302 g/mol. The Bertz CT molecular complexity index is 660. The van der Waals surface area contributed by atoms with Gasteiger partial charge >= 0.3 is 0 Å². The van der Waals surface area contributed by atoms with E-state index in [2.05, 4.69) is 55.2 Å². The zero-order chi connectivity index (χ0) is 16.7. The van der Waals surface area contributed by atoms with Crippen LogP contribution in [0.2, 0.25) is 0 Å². The molecule has 0 aliphatic heterocycles. The molecule has 0 radical (unpaired) electrons. The Morgan fingerprint density at radius 2 is 1.70 bits per heavy atom. The van der Waals surface area contributed by atoms with Crippen LogP contribution in [0.1, 0.15) is 16.7 Å². The Kier molecular flexibility index (Phi) is 6.44. The topological polar surface area (TPSA) is 61.9 Å². The molecule has 3 nitrogen and oxygen atoms in total. The summed E-state index contributed by atoms with van der Waals surface area (Å²) in [6.07, 6.45) is 1.50. The van der Waals surface area contributed by atoms with Crippen molar-refractivity contribution in [3.8, 4) is 0 Å². The van der Waals surface area contributed by atoms with Gasteiger partial charge < -0.3 is 10.7 Å². The molecular formula is C19H23N3S. The first kappa shape index (κ1) is 17.3. The van der Waals surface area contributed by atoms with Crippen molar-refractivity contribution in [1.29, 1.82) is 5.41 Å². The first-order chi connectivity index (χ1) is 11.1. The molecule has 0 unspecified atom stereocenters. The van der Waals surface area contributed by atoms with Crippen LogP contribution in [-0.2, 0) is 12.8 Å². The molecule has 0 fully saturated rings. The molecule has 2 rings (SSSR count). The van der Waals surface area contributed by atoms with Crippen molar-refractivity contribution in [1.82, 2.24) is 5.32 Å². The van der Waals surface area contributed by atoms with E-state index in [9.17, 15) is 0 Å². The molecule has 4 N–H and O–H groups in total. The van der Waals surface area contributed by atoms with Crippen molar-refractivity contribution in [2.24, 2.45) is 5.14 Å². The third kappa shape index (κ3) is 5.58. The van der Waals surface area contributed by atoms with Crippen LogP contribution in [0.4, 0.5) is 0 Å². The van der Waals surface area contributed by atoms with Crippen LogP contribution in [0.3, 0.4) is 0 Å². The summed E-state index contributed by atoms with van der Waals surface area (Å²) in [6.45, 7) is 6.80. The fourth-order valence-electron chi connectivity index (χ4n) is 2.22. The van der Waals surface area contributed by atoms with Gasteiger partial charge in [0.05, 0.1) is 5.71 Å². The van der Waals surface area contributed by atoms with Gasteiger partial charge in [0.25, 0.3) is 0 Å². The van der Waals surface area contributed by atoms with E-state index in [1.54, 1.807) is 0 Å². The quantitative estimate of drug-likeness (QED) is 0.510. The van der Waals surface area contributed by atoms with Gasteiger partial charge in [0.1, 0.15) is 0 Å². The number of hydrogen-bond donors (Lipinski definition) is 3. The number of nitrogens with one attached hydrogen (secondary N) is 2. The van der Waals surface area contributed by atoms with Crippen LogP contribution < -0.4 is 10.5 Å². The summed E-state index contributed by atoms with van der Waals surface area (Å²) < 4.78 is 0. The normalized spacial score (nSPS) is 10.3. The minimum atomic E-state index is 0.531. The summed E-state index contributed by atoms with van der Waals surface area (Å²) in [5.41, 5.74) is 4.84. The molecule has 0 aliphatic rings. The predicted octanol–water partition coefficient (Wildman–Crippen LogP) is 3.87. The molecule has 0 aromatic heterocycles. The monoisotopic (exact) mass is 325 g/mol. The summed E-state index contributed by atoms with van der Waals surface area (Å²) in [5, 5.41) is 16.9. The van der Waals surface area contributed by atoms with Crippen LogP contribution in [0.25, 0.3) is 0 Å². The summed E-state index contributed by atoms with van der Waals surface area (Å²) in [4.78, 5) is 1.06. The van der Waals surface area contributed by atoms with Crippen LogP contribution in [0.15, 0.2) is 65.7 Å². The van der Waals surface area contributed by atoms with Crippen molar-refractivity contribution in [3.05, 3.63) is 77.5 Å². The van der Waals surface area contributed by atoms with Gasteiger partial charge in [-0.3, -0.25) is 5.14 Å². The molecule has 120 valence electrons. The SMILES string of the molecule is C=C(NCCc1ccc(SN)cc1)C(=N)Cc1ccc(C)cc1. The van der Waals surface area contributed by atoms with Gasteiger partial charge in [-0.2, -0.15) is 0 Å². The first-order valence-corrected chi connectivity index (χ1v) is 8.48. The summed E-state index contributed by atoms with van der Waals surface area (Å²) in [5.74, 6) is 0. The second-order valence-corrected chi connectivity index (χ2v) is 6.27. The smallest absolute Gasteiger partial charge is 0.0582 e. The largest absolute Gasteiger partial charge is 0.384 e. The van der Waals surface area contributed by atoms with Gasteiger partial charge in [0.2, 0.25) is 0 Å². The maximum atomic E-state index is 8.14. The van der Waals surface area contributed by atoms with Gasteiger partial charge in [0.15, 0.2) is 0 Å². The van der Waals surface area contributed by atoms with E-state index >= 15 is 0 Å². The van der Waals surface area contributed by atoms with Gasteiger partial charge in [-0.25, -0.2) is 0 Å². The van der Waals surface area contributed by atoms with Crippen molar-refractivity contribution in [2.45, 2.75) is 24.7 Å². The molecule has 0 amide bonds. The fraction of sp³-hybridized carbons (Fsp3) is 0.211. The van der Waals surface area contributed by atoms with E-state index in [1.165, 1.54) is 23.1 Å². The van der Waals surface area contributed by atoms with E-state index in [1.807, 2.05) is 12.1 Å². The minimum absolute atomic E-state index is 0.531. The molecule has 0 heterocycles. The highest BCUT2D eigenvalue weighted by Gasteiger charge is 2.04. The van der Waals surface area contributed by atoms with Gasteiger partial charge in [-0.1, -0.05) is 48.5 Å². The Hall–Kier alpha value is -2.04. The summed E-state index contributed by atoms with van der Waals surface area (Å²) >= 11 is 1.25. The molecule has 23 heavy (non-hydrogen) atoms. The second kappa shape index (κ2) is 8.56. The zero-order valence-electron chi connectivity index (χ0n) is 13.4. The average molecular weight is 325 g/mol. The molecule has 0 saturated heterocycles. The highest BCUT2D eigenvalue weighted by Crippen LogP contribution is 2.12. The Balaban J connectivity index is 1.77. The lowest BCUT2D eigenvalue weighted by Gasteiger charge is -2.11. The van der Waals surface area contributed by atoms with E-state index in [0.717, 1.165) is 23.4 Å². The third-order valence-electron chi connectivity index (χ3n) is 3.68. The molecule has 2 aromatic carbocycles. The minimum Gasteiger partial charge on any atom is -0.384 e. The van der Waals surface area contributed by atoms with Crippen molar-refractivity contribution >= 4 is 17.7 Å². The lowest BCUT2D eigenvalue weighted by molar-refractivity contribution is 0.810. The van der Waals surface area contributed by atoms with Crippen LogP contribution in [0, 0.1) is 12.3 Å². The summed E-state index contributed by atoms with van der Waals surface area (Å²) in [7, 11) is 0. The van der Waals surface area contributed by atoms with Crippen LogP contribution in [0.5, 0.6) is 0 Å². The Labute approximate surface area is 142 Å². The average Bonchev–Trinajstić information content (AvgIpc) is 2.57. The maximum absolute atomic E-state index is 8.14. The predicted molar refractivity (Wildman–Crippen MR) is 99.9 cm³/mol. The summed E-state index contributed by atoms with van der Waals surface area (Å²) in [6, 6.07) is 16.5. The van der Waals surface area contributed by atoms with Crippen LogP contribution in [-0.4, -0.2) is 12.3 Å². The lowest BCUT2D eigenvalue weighted by Crippen LogP contribution is -2.22. The van der Waals surface area contributed by atoms with E-state index in [-0.39, 0.29) is 0 Å².